The van der Waals surface area contributed by atoms with E-state index in [0.717, 1.165) is 75.0 Å². The summed E-state index contributed by atoms with van der Waals surface area (Å²) in [5, 5.41) is 1.06. The second kappa shape index (κ2) is 7.23. The molecule has 162 valence electrons. The van der Waals surface area contributed by atoms with E-state index in [4.69, 9.17) is 14.3 Å². The first kappa shape index (κ1) is 19.8. The zero-order valence-electron chi connectivity index (χ0n) is 17.6. The van der Waals surface area contributed by atoms with E-state index in [1.54, 1.807) is 20.5 Å². The van der Waals surface area contributed by atoms with Gasteiger partial charge < -0.3 is 14.4 Å². The van der Waals surface area contributed by atoms with Crippen molar-refractivity contribution in [3.8, 4) is 11.5 Å². The van der Waals surface area contributed by atoms with E-state index in [1.807, 2.05) is 16.4 Å². The molecule has 0 radical (unpaired) electrons. The molecule has 1 unspecified atom stereocenters. The molecule has 1 aromatic carbocycles. The molecule has 3 heterocycles. The van der Waals surface area contributed by atoms with E-state index in [-0.39, 0.29) is 10.7 Å². The molecule has 5 rings (SSSR count). The van der Waals surface area contributed by atoms with Gasteiger partial charge in [0.2, 0.25) is 0 Å². The number of piperidine rings is 1. The normalized spacial score (nSPS) is 23.6. The van der Waals surface area contributed by atoms with Crippen LogP contribution < -0.4 is 14.4 Å². The van der Waals surface area contributed by atoms with Gasteiger partial charge in [0.15, 0.2) is 11.5 Å². The zero-order chi connectivity index (χ0) is 20.9. The van der Waals surface area contributed by atoms with Crippen molar-refractivity contribution < 1.29 is 13.7 Å². The number of nitrogens with zero attached hydrogens (tertiary/aromatic N) is 4. The Labute approximate surface area is 177 Å². The summed E-state index contributed by atoms with van der Waals surface area (Å²) in [6.07, 6.45) is 6.61. The largest absolute Gasteiger partial charge is 0.493 e. The van der Waals surface area contributed by atoms with Gasteiger partial charge in [-0.2, -0.15) is 0 Å². The molecule has 2 aliphatic heterocycles. The van der Waals surface area contributed by atoms with E-state index in [0.29, 0.717) is 11.5 Å². The topological polar surface area (TPSA) is 91.6 Å². The van der Waals surface area contributed by atoms with Gasteiger partial charge in [0.05, 0.1) is 25.0 Å². The fraction of sp³-hybridized carbons (Fsp3) is 0.619. The lowest BCUT2D eigenvalue weighted by Gasteiger charge is -2.40. The summed E-state index contributed by atoms with van der Waals surface area (Å²) in [5.74, 6) is 2.26. The number of rotatable bonds is 5. The number of aromatic nitrogens is 2. The first-order valence-corrected chi connectivity index (χ1v) is 12.2. The van der Waals surface area contributed by atoms with E-state index >= 15 is 0 Å². The molecule has 0 bridgehead atoms. The van der Waals surface area contributed by atoms with Crippen LogP contribution in [-0.4, -0.2) is 64.1 Å². The number of hydrogen-bond acceptors (Lipinski definition) is 7. The Morgan fingerprint density at radius 1 is 1.07 bits per heavy atom. The first-order valence-electron chi connectivity index (χ1n) is 10.6. The zero-order valence-corrected chi connectivity index (χ0v) is 18.4. The molecule has 2 aromatic rings. The average molecular weight is 432 g/mol. The molecule has 9 heteroatoms. The van der Waals surface area contributed by atoms with Crippen molar-refractivity contribution in [1.29, 1.82) is 4.78 Å². The predicted octanol–water partition coefficient (Wildman–Crippen LogP) is 3.06. The van der Waals surface area contributed by atoms with Gasteiger partial charge in [0.25, 0.3) is 0 Å². The third-order valence-electron chi connectivity index (χ3n) is 7.01. The Bertz CT molecular complexity index is 1060. The molecule has 3 aliphatic rings. The second-order valence-electron chi connectivity index (χ2n) is 8.79. The minimum Gasteiger partial charge on any atom is -0.493 e. The number of hydrogen-bond donors (Lipinski definition) is 1. The molecule has 1 aromatic heterocycles. The Kier molecular flexibility index (Phi) is 4.77. The van der Waals surface area contributed by atoms with E-state index in [9.17, 15) is 4.21 Å². The van der Waals surface area contributed by atoms with E-state index in [1.165, 1.54) is 0 Å². The van der Waals surface area contributed by atoms with Crippen molar-refractivity contribution in [2.24, 2.45) is 5.41 Å². The maximum Gasteiger partial charge on any atom is 0.162 e. The number of anilines is 1. The molecule has 1 saturated carbocycles. The summed E-state index contributed by atoms with van der Waals surface area (Å²) in [7, 11) is 0.682. The standard InChI is InChI=1S/C21H29N5O3S/c1-28-18-11-16-17(12-19(18)29-2)23-14-24-20(16)25-8-5-21(6-9-25)7-10-26(13-21)30(22,27)15-3-4-15/h11-12,14-15,22H,3-10,13H2,1-2H3. The number of benzene rings is 1. The van der Waals surface area contributed by atoms with Gasteiger partial charge in [0.1, 0.15) is 22.1 Å². The van der Waals surface area contributed by atoms with Crippen LogP contribution in [0.25, 0.3) is 10.9 Å². The summed E-state index contributed by atoms with van der Waals surface area (Å²) >= 11 is 0. The lowest BCUT2D eigenvalue weighted by atomic mass is 9.78. The monoisotopic (exact) mass is 431 g/mol. The number of ether oxygens (including phenoxy) is 2. The lowest BCUT2D eigenvalue weighted by molar-refractivity contribution is 0.235. The minimum absolute atomic E-state index is 0.104. The van der Waals surface area contributed by atoms with Crippen LogP contribution in [0.15, 0.2) is 18.5 Å². The Morgan fingerprint density at radius 3 is 2.40 bits per heavy atom. The van der Waals surface area contributed by atoms with Crippen molar-refractivity contribution in [2.75, 3.05) is 45.3 Å². The van der Waals surface area contributed by atoms with Gasteiger partial charge in [-0.25, -0.2) is 23.3 Å². The molecule has 8 nitrogen and oxygen atoms in total. The second-order valence-corrected chi connectivity index (χ2v) is 11.1. The van der Waals surface area contributed by atoms with Crippen molar-refractivity contribution in [1.82, 2.24) is 14.3 Å². The van der Waals surface area contributed by atoms with Crippen LogP contribution in [0.1, 0.15) is 32.1 Å². The third kappa shape index (κ3) is 3.28. The molecule has 1 N–H and O–H groups in total. The molecule has 1 aliphatic carbocycles. The van der Waals surface area contributed by atoms with Gasteiger partial charge in [-0.3, -0.25) is 0 Å². The lowest BCUT2D eigenvalue weighted by Crippen LogP contribution is -2.43. The smallest absolute Gasteiger partial charge is 0.162 e. The Morgan fingerprint density at radius 2 is 1.73 bits per heavy atom. The van der Waals surface area contributed by atoms with Crippen LogP contribution in [0.3, 0.4) is 0 Å². The van der Waals surface area contributed by atoms with Crippen molar-refractivity contribution >= 4 is 26.6 Å². The van der Waals surface area contributed by atoms with Gasteiger partial charge in [-0.1, -0.05) is 0 Å². The highest BCUT2D eigenvalue weighted by Gasteiger charge is 2.46. The SMILES string of the molecule is COc1cc2ncnc(N3CCC4(CC3)CCN(S(=N)(=O)C3CC3)C4)c2cc1OC. The number of methoxy groups -OCH3 is 2. The summed E-state index contributed by atoms with van der Waals surface area (Å²) in [5.41, 5.74) is 1.02. The Balaban J connectivity index is 1.35. The molecule has 30 heavy (non-hydrogen) atoms. The molecular weight excluding hydrogens is 402 g/mol. The highest BCUT2D eigenvalue weighted by Crippen LogP contribution is 2.45. The van der Waals surface area contributed by atoms with Crippen molar-refractivity contribution in [2.45, 2.75) is 37.4 Å². The number of fused-ring (bicyclic) bond motifs is 1. The molecule has 2 saturated heterocycles. The quantitative estimate of drug-likeness (QED) is 0.782. The van der Waals surface area contributed by atoms with Crippen molar-refractivity contribution in [3.05, 3.63) is 18.5 Å². The van der Waals surface area contributed by atoms with Gasteiger partial charge in [0, 0.05) is 37.6 Å². The minimum atomic E-state index is -2.58. The van der Waals surface area contributed by atoms with Gasteiger partial charge in [-0.15, -0.1) is 0 Å². The summed E-state index contributed by atoms with van der Waals surface area (Å²) in [6.45, 7) is 3.40. The van der Waals surface area contributed by atoms with Crippen LogP contribution >= 0.6 is 0 Å². The van der Waals surface area contributed by atoms with Crippen LogP contribution in [0.2, 0.25) is 0 Å². The molecule has 1 spiro atoms. The van der Waals surface area contributed by atoms with E-state index in [2.05, 4.69) is 14.9 Å². The predicted molar refractivity (Wildman–Crippen MR) is 117 cm³/mol. The molecule has 0 amide bonds. The van der Waals surface area contributed by atoms with Crippen LogP contribution in [0, 0.1) is 10.2 Å². The molecule has 1 atom stereocenters. The van der Waals surface area contributed by atoms with Gasteiger partial charge >= 0.3 is 0 Å². The summed E-state index contributed by atoms with van der Waals surface area (Å²) in [4.78, 5) is 11.3. The van der Waals surface area contributed by atoms with Gasteiger partial charge in [-0.05, 0) is 43.6 Å². The summed E-state index contributed by atoms with van der Waals surface area (Å²) < 4.78 is 34.1. The fourth-order valence-corrected chi connectivity index (χ4v) is 6.97. The molecule has 3 fully saturated rings. The maximum atomic E-state index is 12.9. The fourth-order valence-electron chi connectivity index (χ4n) is 4.95. The van der Waals surface area contributed by atoms with E-state index < -0.39 is 9.92 Å². The third-order valence-corrected chi connectivity index (χ3v) is 9.46. The van der Waals surface area contributed by atoms with Crippen LogP contribution in [0.4, 0.5) is 5.82 Å². The van der Waals surface area contributed by atoms with Crippen LogP contribution in [-0.2, 0) is 9.92 Å². The maximum absolute atomic E-state index is 12.9. The summed E-state index contributed by atoms with van der Waals surface area (Å²) in [6, 6.07) is 3.85. The molecular formula is C21H29N5O3S. The van der Waals surface area contributed by atoms with Crippen LogP contribution in [0.5, 0.6) is 11.5 Å². The van der Waals surface area contributed by atoms with Crippen molar-refractivity contribution in [3.63, 3.8) is 0 Å². The average Bonchev–Trinajstić information content (AvgIpc) is 3.55. The number of nitrogens with one attached hydrogen (secondary N) is 1. The highest BCUT2D eigenvalue weighted by atomic mass is 32.2. The Hall–Kier alpha value is -2.13. The highest BCUT2D eigenvalue weighted by molar-refractivity contribution is 7.91. The first-order chi connectivity index (χ1) is 14.5.